The van der Waals surface area contributed by atoms with Crippen LogP contribution >= 0.6 is 35.3 Å². The number of unbranched alkanes of at least 4 members (excludes halogenated alkanes) is 1. The molecule has 1 amide bonds. The molecule has 0 aliphatic rings. The Morgan fingerprint density at radius 3 is 2.52 bits per heavy atom. The van der Waals surface area contributed by atoms with E-state index in [0.29, 0.717) is 18.0 Å². The van der Waals surface area contributed by atoms with Crippen molar-refractivity contribution < 1.29 is 4.79 Å². The van der Waals surface area contributed by atoms with Gasteiger partial charge in [0.15, 0.2) is 5.96 Å². The zero-order chi connectivity index (χ0) is 20.2. The molecule has 29 heavy (non-hydrogen) atoms. The molecule has 0 aliphatic carbocycles. The highest BCUT2D eigenvalue weighted by atomic mass is 127. The zero-order valence-electron chi connectivity index (χ0n) is 17.5. The lowest BCUT2D eigenvalue weighted by atomic mass is 10.1. The van der Waals surface area contributed by atoms with Gasteiger partial charge >= 0.3 is 0 Å². The second kappa shape index (κ2) is 14.4. The highest BCUT2D eigenvalue weighted by Crippen LogP contribution is 2.13. The molecule has 7 heteroatoms. The number of nitrogens with one attached hydrogen (secondary N) is 3. The van der Waals surface area contributed by atoms with E-state index in [9.17, 15) is 4.79 Å². The summed E-state index contributed by atoms with van der Waals surface area (Å²) in [5.41, 5.74) is 1.81. The average molecular weight is 529 g/mol. The summed E-state index contributed by atoms with van der Waals surface area (Å²) in [6, 6.07) is 12.0. The second-order valence-corrected chi connectivity index (χ2v) is 8.03. The van der Waals surface area contributed by atoms with Gasteiger partial charge in [0.05, 0.1) is 0 Å². The number of nitrogens with zero attached hydrogens (tertiary/aromatic N) is 1. The van der Waals surface area contributed by atoms with Gasteiger partial charge in [-0.2, -0.15) is 0 Å². The first kappa shape index (κ1) is 25.4. The number of hydrogen-bond acceptors (Lipinski definition) is 3. The molecular weight excluding hydrogens is 495 g/mol. The number of hydrogen-bond donors (Lipinski definition) is 3. The summed E-state index contributed by atoms with van der Waals surface area (Å²) in [4.78, 5) is 17.8. The molecule has 1 atom stereocenters. The summed E-state index contributed by atoms with van der Waals surface area (Å²) in [6.07, 6.45) is 3.16. The standard InChI is InChI=1S/C22H32N4OS.HI/c1-4-5-12-24-21(27)19-10-8-18(9-11-19)16-26-22(23-3)25-15-17(2)14-20-7-6-13-28-20;/h6-11,13,17H,4-5,12,14-16H2,1-3H3,(H,24,27)(H2,23,25,26);1H. The lowest BCUT2D eigenvalue weighted by molar-refractivity contribution is 0.0953. The third-order valence-corrected chi connectivity index (χ3v) is 5.36. The molecule has 1 aromatic carbocycles. The smallest absolute Gasteiger partial charge is 0.251 e. The van der Waals surface area contributed by atoms with Gasteiger partial charge in [-0.3, -0.25) is 9.79 Å². The van der Waals surface area contributed by atoms with Crippen molar-refractivity contribution >= 4 is 47.2 Å². The number of carbonyl (C=O) groups excluding carboxylic acids is 1. The predicted molar refractivity (Wildman–Crippen MR) is 134 cm³/mol. The van der Waals surface area contributed by atoms with Gasteiger partial charge in [-0.25, -0.2) is 0 Å². The van der Waals surface area contributed by atoms with Crippen LogP contribution in [0.4, 0.5) is 0 Å². The molecule has 1 aromatic heterocycles. The van der Waals surface area contributed by atoms with E-state index in [2.05, 4.69) is 52.3 Å². The van der Waals surface area contributed by atoms with Gasteiger partial charge in [0.1, 0.15) is 0 Å². The highest BCUT2D eigenvalue weighted by Gasteiger charge is 2.07. The van der Waals surface area contributed by atoms with Crippen LogP contribution in [0.25, 0.3) is 0 Å². The second-order valence-electron chi connectivity index (χ2n) is 7.00. The third-order valence-electron chi connectivity index (χ3n) is 4.46. The van der Waals surface area contributed by atoms with Crippen molar-refractivity contribution in [3.63, 3.8) is 0 Å². The number of benzene rings is 1. The average Bonchev–Trinajstić information content (AvgIpc) is 3.21. The fraction of sp³-hybridized carbons (Fsp3) is 0.455. The van der Waals surface area contributed by atoms with E-state index < -0.39 is 0 Å². The SMILES string of the molecule is CCCCNC(=O)c1ccc(CNC(=NC)NCC(C)Cc2cccs2)cc1.I. The van der Waals surface area contributed by atoms with Crippen LogP contribution in [0.5, 0.6) is 0 Å². The Morgan fingerprint density at radius 1 is 1.14 bits per heavy atom. The van der Waals surface area contributed by atoms with E-state index in [-0.39, 0.29) is 29.9 Å². The molecule has 2 aromatic rings. The van der Waals surface area contributed by atoms with E-state index in [1.165, 1.54) is 4.88 Å². The van der Waals surface area contributed by atoms with Crippen molar-refractivity contribution in [1.82, 2.24) is 16.0 Å². The quantitative estimate of drug-likeness (QED) is 0.185. The number of guanidine groups is 1. The van der Waals surface area contributed by atoms with Crippen molar-refractivity contribution in [2.45, 2.75) is 39.7 Å². The number of halogens is 1. The molecule has 0 saturated carbocycles. The number of carbonyl (C=O) groups is 1. The Balaban J connectivity index is 0.00000420. The predicted octanol–water partition coefficient (Wildman–Crippen LogP) is 4.44. The van der Waals surface area contributed by atoms with Crippen LogP contribution in [-0.4, -0.2) is 32.0 Å². The van der Waals surface area contributed by atoms with Gasteiger partial charge in [0, 0.05) is 37.1 Å². The van der Waals surface area contributed by atoms with Crippen molar-refractivity contribution in [3.8, 4) is 0 Å². The molecule has 1 unspecified atom stereocenters. The Bertz CT molecular complexity index is 732. The van der Waals surface area contributed by atoms with E-state index in [4.69, 9.17) is 0 Å². The molecule has 3 N–H and O–H groups in total. The van der Waals surface area contributed by atoms with Gasteiger partial charge in [0.2, 0.25) is 0 Å². The first-order chi connectivity index (χ1) is 13.6. The summed E-state index contributed by atoms with van der Waals surface area (Å²) in [7, 11) is 1.78. The molecule has 5 nitrogen and oxygen atoms in total. The molecule has 0 saturated heterocycles. The minimum atomic E-state index is -0.00911. The van der Waals surface area contributed by atoms with Crippen LogP contribution in [0.3, 0.4) is 0 Å². The summed E-state index contributed by atoms with van der Waals surface area (Å²) in [6.45, 7) is 6.61. The normalized spacial score (nSPS) is 12.0. The molecule has 2 rings (SSSR count). The van der Waals surface area contributed by atoms with Crippen LogP contribution in [0.15, 0.2) is 46.8 Å². The van der Waals surface area contributed by atoms with Crippen LogP contribution in [0.1, 0.15) is 47.5 Å². The highest BCUT2D eigenvalue weighted by molar-refractivity contribution is 14.0. The topological polar surface area (TPSA) is 65.5 Å². The fourth-order valence-corrected chi connectivity index (χ4v) is 3.65. The number of thiophene rings is 1. The Morgan fingerprint density at radius 2 is 1.90 bits per heavy atom. The molecule has 0 bridgehead atoms. The largest absolute Gasteiger partial charge is 0.356 e. The fourth-order valence-electron chi connectivity index (χ4n) is 2.78. The third kappa shape index (κ3) is 9.62. The van der Waals surface area contributed by atoms with Crippen molar-refractivity contribution in [2.75, 3.05) is 20.1 Å². The maximum absolute atomic E-state index is 12.1. The van der Waals surface area contributed by atoms with E-state index in [0.717, 1.165) is 43.9 Å². The molecule has 0 spiro atoms. The van der Waals surface area contributed by atoms with Gasteiger partial charge in [0.25, 0.3) is 5.91 Å². The molecule has 0 aliphatic heterocycles. The van der Waals surface area contributed by atoms with Gasteiger partial charge < -0.3 is 16.0 Å². The summed E-state index contributed by atoms with van der Waals surface area (Å²) >= 11 is 1.81. The van der Waals surface area contributed by atoms with Crippen molar-refractivity contribution in [1.29, 1.82) is 0 Å². The van der Waals surface area contributed by atoms with Crippen LogP contribution < -0.4 is 16.0 Å². The lowest BCUT2D eigenvalue weighted by Gasteiger charge is -2.16. The maximum Gasteiger partial charge on any atom is 0.251 e. The number of aliphatic imine (C=N–C) groups is 1. The van der Waals surface area contributed by atoms with Crippen molar-refractivity contribution in [3.05, 3.63) is 57.8 Å². The van der Waals surface area contributed by atoms with Gasteiger partial charge in [-0.05, 0) is 47.9 Å². The monoisotopic (exact) mass is 528 g/mol. The molecule has 0 radical (unpaired) electrons. The minimum Gasteiger partial charge on any atom is -0.356 e. The number of rotatable bonds is 10. The zero-order valence-corrected chi connectivity index (χ0v) is 20.7. The van der Waals surface area contributed by atoms with Gasteiger partial charge in [-0.15, -0.1) is 35.3 Å². The summed E-state index contributed by atoms with van der Waals surface area (Å²) in [5, 5.41) is 11.8. The minimum absolute atomic E-state index is 0. The molecule has 160 valence electrons. The van der Waals surface area contributed by atoms with Gasteiger partial charge in [-0.1, -0.05) is 38.5 Å². The van der Waals surface area contributed by atoms with E-state index >= 15 is 0 Å². The molecular formula is C22H33IN4OS. The summed E-state index contributed by atoms with van der Waals surface area (Å²) < 4.78 is 0. The first-order valence-corrected chi connectivity index (χ1v) is 10.8. The van der Waals surface area contributed by atoms with E-state index in [1.54, 1.807) is 18.4 Å². The van der Waals surface area contributed by atoms with E-state index in [1.807, 2.05) is 24.3 Å². The molecule has 0 fully saturated rings. The molecule has 1 heterocycles. The Kier molecular flexibility index (Phi) is 12.6. The number of amides is 1. The van der Waals surface area contributed by atoms with Crippen LogP contribution in [0.2, 0.25) is 0 Å². The lowest BCUT2D eigenvalue weighted by Crippen LogP contribution is -2.39. The first-order valence-electron chi connectivity index (χ1n) is 9.96. The van der Waals surface area contributed by atoms with Crippen molar-refractivity contribution in [2.24, 2.45) is 10.9 Å². The maximum atomic E-state index is 12.1. The Hall–Kier alpha value is -1.61. The Labute approximate surface area is 195 Å². The van der Waals surface area contributed by atoms with Crippen LogP contribution in [0, 0.1) is 5.92 Å². The summed E-state index contributed by atoms with van der Waals surface area (Å²) in [5.74, 6) is 1.31. The van der Waals surface area contributed by atoms with Crippen LogP contribution in [-0.2, 0) is 13.0 Å².